The van der Waals surface area contributed by atoms with Gasteiger partial charge < -0.3 is 0 Å². The molecular weight excluding hydrogens is 335 g/mol. The first kappa shape index (κ1) is 21.1. The molecule has 4 heteroatoms. The molecule has 1 aromatic rings. The van der Waals surface area contributed by atoms with Crippen LogP contribution < -0.4 is 0 Å². The van der Waals surface area contributed by atoms with Crippen molar-refractivity contribution in [2.75, 3.05) is 6.26 Å². The van der Waals surface area contributed by atoms with Crippen molar-refractivity contribution < 1.29 is 12.8 Å². The number of hydrogen-bond donors (Lipinski definition) is 0. The van der Waals surface area contributed by atoms with Gasteiger partial charge in [-0.2, -0.15) is 0 Å². The van der Waals surface area contributed by atoms with Gasteiger partial charge in [-0.15, -0.1) is 0 Å². The second kappa shape index (κ2) is 9.52. The maximum Gasteiger partial charge on any atom is 0.175 e. The van der Waals surface area contributed by atoms with E-state index < -0.39 is 9.84 Å². The van der Waals surface area contributed by atoms with Crippen molar-refractivity contribution in [1.82, 2.24) is 0 Å². The van der Waals surface area contributed by atoms with Gasteiger partial charge in [0, 0.05) is 6.26 Å². The van der Waals surface area contributed by atoms with Crippen molar-refractivity contribution in [3.8, 4) is 0 Å². The van der Waals surface area contributed by atoms with Crippen molar-refractivity contribution in [2.45, 2.75) is 44.9 Å². The van der Waals surface area contributed by atoms with Crippen LogP contribution in [0.15, 0.2) is 70.9 Å². The van der Waals surface area contributed by atoms with E-state index in [1.165, 1.54) is 29.6 Å². The number of hydrogen-bond acceptors (Lipinski definition) is 2. The summed E-state index contributed by atoms with van der Waals surface area (Å²) in [6, 6.07) is 6.98. The number of rotatable bonds is 5. The van der Waals surface area contributed by atoms with Crippen LogP contribution in [0.1, 0.15) is 45.6 Å². The zero-order valence-electron chi connectivity index (χ0n) is 15.5. The highest BCUT2D eigenvalue weighted by Gasteiger charge is 2.15. The van der Waals surface area contributed by atoms with E-state index in [-0.39, 0.29) is 5.83 Å². The molecular formula is C21H27FO2S. The maximum atomic E-state index is 13.3. The van der Waals surface area contributed by atoms with Gasteiger partial charge >= 0.3 is 0 Å². The summed E-state index contributed by atoms with van der Waals surface area (Å²) in [5.41, 5.74) is 4.26. The van der Waals surface area contributed by atoms with Gasteiger partial charge in [0.2, 0.25) is 0 Å². The predicted octanol–water partition coefficient (Wildman–Crippen LogP) is 6.04. The number of benzene rings is 1. The molecule has 0 N–H and O–H groups in total. The van der Waals surface area contributed by atoms with Crippen LogP contribution in [-0.2, 0) is 9.84 Å². The van der Waals surface area contributed by atoms with Crippen molar-refractivity contribution in [3.05, 3.63) is 71.6 Å². The molecule has 0 saturated carbocycles. The van der Waals surface area contributed by atoms with Crippen LogP contribution in [0.4, 0.5) is 4.39 Å². The Bertz CT molecular complexity index is 795. The molecule has 0 aliphatic heterocycles. The summed E-state index contributed by atoms with van der Waals surface area (Å²) in [4.78, 5) is 0.323. The molecule has 0 heterocycles. The lowest BCUT2D eigenvalue weighted by atomic mass is 10.0. The fourth-order valence-electron chi connectivity index (χ4n) is 2.75. The highest BCUT2D eigenvalue weighted by atomic mass is 32.2. The maximum absolute atomic E-state index is 13.3. The van der Waals surface area contributed by atoms with E-state index >= 15 is 0 Å². The first-order valence-corrected chi connectivity index (χ1v) is 10.4. The first-order chi connectivity index (χ1) is 11.8. The SMILES string of the molecule is C=C/C(F)=C\C(C)=C\C1=C(c2ccc(S(C)(=O)=O)cc2)CCC1.CC. The molecule has 1 aliphatic rings. The van der Waals surface area contributed by atoms with Crippen LogP contribution in [0.25, 0.3) is 5.57 Å². The summed E-state index contributed by atoms with van der Waals surface area (Å²) in [6.45, 7) is 9.26. The van der Waals surface area contributed by atoms with Gasteiger partial charge in [-0.3, -0.25) is 0 Å². The van der Waals surface area contributed by atoms with Crippen LogP contribution in [0.3, 0.4) is 0 Å². The largest absolute Gasteiger partial charge is 0.224 e. The summed E-state index contributed by atoms with van der Waals surface area (Å²) >= 11 is 0. The van der Waals surface area contributed by atoms with Crippen LogP contribution in [0.5, 0.6) is 0 Å². The first-order valence-electron chi connectivity index (χ1n) is 8.51. The number of allylic oxidation sites excluding steroid dienone is 7. The van der Waals surface area contributed by atoms with Crippen molar-refractivity contribution in [3.63, 3.8) is 0 Å². The van der Waals surface area contributed by atoms with Gasteiger partial charge in [0.25, 0.3) is 0 Å². The zero-order chi connectivity index (χ0) is 19.0. The monoisotopic (exact) mass is 362 g/mol. The third-order valence-electron chi connectivity index (χ3n) is 3.85. The topological polar surface area (TPSA) is 34.1 Å². The third kappa shape index (κ3) is 6.13. The molecule has 0 fully saturated rings. The predicted molar refractivity (Wildman–Crippen MR) is 105 cm³/mol. The summed E-state index contributed by atoms with van der Waals surface area (Å²) in [7, 11) is -3.18. The van der Waals surface area contributed by atoms with Gasteiger partial charge in [0.05, 0.1) is 4.90 Å². The average Bonchev–Trinajstić information content (AvgIpc) is 3.03. The molecule has 1 aliphatic carbocycles. The highest BCUT2D eigenvalue weighted by molar-refractivity contribution is 7.90. The molecule has 2 nitrogen and oxygen atoms in total. The Morgan fingerprint density at radius 2 is 1.76 bits per heavy atom. The lowest BCUT2D eigenvalue weighted by Gasteiger charge is -2.07. The molecule has 0 unspecified atom stereocenters. The van der Waals surface area contributed by atoms with E-state index in [4.69, 9.17) is 0 Å². The third-order valence-corrected chi connectivity index (χ3v) is 4.98. The summed E-state index contributed by atoms with van der Waals surface area (Å²) in [6.07, 6.45) is 8.80. The van der Waals surface area contributed by atoms with E-state index in [1.807, 2.05) is 39.0 Å². The Hall–Kier alpha value is -1.94. The van der Waals surface area contributed by atoms with Gasteiger partial charge in [-0.1, -0.05) is 38.6 Å². The number of sulfone groups is 1. The summed E-state index contributed by atoms with van der Waals surface area (Å²) < 4.78 is 36.3. The lowest BCUT2D eigenvalue weighted by Crippen LogP contribution is -1.96. The van der Waals surface area contributed by atoms with Crippen molar-refractivity contribution >= 4 is 15.4 Å². The van der Waals surface area contributed by atoms with E-state index in [0.29, 0.717) is 4.90 Å². The van der Waals surface area contributed by atoms with E-state index in [9.17, 15) is 12.8 Å². The standard InChI is InChI=1S/C19H21FO2S.C2H6/c1-4-17(20)13-14(2)12-16-6-5-7-19(16)15-8-10-18(11-9-15)23(3,21)22;1-2/h4,8-13H,1,5-7H2,2-3H3;1-2H3/b14-12+,17-13+;. The Morgan fingerprint density at radius 3 is 2.28 bits per heavy atom. The van der Waals surface area contributed by atoms with Crippen LogP contribution in [0, 0.1) is 0 Å². The smallest absolute Gasteiger partial charge is 0.175 e. The average molecular weight is 363 g/mol. The summed E-state index contributed by atoms with van der Waals surface area (Å²) in [5.74, 6) is -0.351. The molecule has 1 aromatic carbocycles. The normalized spacial score (nSPS) is 15.7. The molecule has 0 atom stereocenters. The van der Waals surface area contributed by atoms with Crippen LogP contribution in [0.2, 0.25) is 0 Å². The Kier molecular flexibility index (Phi) is 8.04. The van der Waals surface area contributed by atoms with Crippen LogP contribution in [-0.4, -0.2) is 14.7 Å². The molecule has 2 rings (SSSR count). The minimum atomic E-state index is -3.18. The molecule has 0 aromatic heterocycles. The molecule has 0 spiro atoms. The fourth-order valence-corrected chi connectivity index (χ4v) is 3.38. The van der Waals surface area contributed by atoms with Crippen molar-refractivity contribution in [2.24, 2.45) is 0 Å². The van der Waals surface area contributed by atoms with E-state index in [0.717, 1.165) is 30.4 Å². The fraction of sp³-hybridized carbons (Fsp3) is 0.333. The Labute approximate surface area is 151 Å². The highest BCUT2D eigenvalue weighted by Crippen LogP contribution is 2.35. The van der Waals surface area contributed by atoms with Gasteiger partial charge in [-0.25, -0.2) is 12.8 Å². The Morgan fingerprint density at radius 1 is 1.16 bits per heavy atom. The molecule has 25 heavy (non-hydrogen) atoms. The molecule has 0 amide bonds. The molecule has 0 bridgehead atoms. The molecule has 0 saturated heterocycles. The summed E-state index contributed by atoms with van der Waals surface area (Å²) in [5, 5.41) is 0. The lowest BCUT2D eigenvalue weighted by molar-refractivity contribution is 0.602. The minimum absolute atomic E-state index is 0.323. The zero-order valence-corrected chi connectivity index (χ0v) is 16.3. The minimum Gasteiger partial charge on any atom is -0.224 e. The molecule has 136 valence electrons. The molecule has 0 radical (unpaired) electrons. The van der Waals surface area contributed by atoms with Gasteiger partial charge in [0.1, 0.15) is 5.83 Å². The Balaban J connectivity index is 0.00000151. The van der Waals surface area contributed by atoms with Crippen LogP contribution >= 0.6 is 0 Å². The number of halogens is 1. The second-order valence-electron chi connectivity index (χ2n) is 5.78. The van der Waals surface area contributed by atoms with Gasteiger partial charge in [0.15, 0.2) is 9.84 Å². The van der Waals surface area contributed by atoms with E-state index in [1.54, 1.807) is 12.1 Å². The van der Waals surface area contributed by atoms with E-state index in [2.05, 4.69) is 6.58 Å². The van der Waals surface area contributed by atoms with Crippen molar-refractivity contribution in [1.29, 1.82) is 0 Å². The second-order valence-corrected chi connectivity index (χ2v) is 7.79. The quantitative estimate of drug-likeness (QED) is 0.598. The van der Waals surface area contributed by atoms with Gasteiger partial charge in [-0.05, 0) is 72.8 Å².